The Kier molecular flexibility index (Phi) is 4.31. The monoisotopic (exact) mass is 250 g/mol. The average molecular weight is 250 g/mol. The van der Waals surface area contributed by atoms with Gasteiger partial charge in [0.15, 0.2) is 0 Å². The fraction of sp³-hybridized carbons (Fsp3) is 0.385. The van der Waals surface area contributed by atoms with Crippen molar-refractivity contribution in [1.82, 2.24) is 0 Å². The molecule has 0 aliphatic rings. The van der Waals surface area contributed by atoms with E-state index in [0.29, 0.717) is 17.8 Å². The molecule has 2 N–H and O–H groups in total. The SMILES string of the molecule is Cc1ccc(NC(=O)OC(C)(C)C)cc1NC=O. The number of ether oxygens (including phenoxy) is 1. The van der Waals surface area contributed by atoms with Gasteiger partial charge in [-0.15, -0.1) is 0 Å². The summed E-state index contributed by atoms with van der Waals surface area (Å²) < 4.78 is 5.13. The van der Waals surface area contributed by atoms with Crippen LogP contribution in [0.2, 0.25) is 0 Å². The van der Waals surface area contributed by atoms with Crippen LogP contribution in [0.25, 0.3) is 0 Å². The van der Waals surface area contributed by atoms with Gasteiger partial charge in [-0.1, -0.05) is 6.07 Å². The molecule has 0 atom stereocenters. The summed E-state index contributed by atoms with van der Waals surface area (Å²) in [6.45, 7) is 7.24. The molecule has 98 valence electrons. The smallest absolute Gasteiger partial charge is 0.412 e. The zero-order chi connectivity index (χ0) is 13.8. The van der Waals surface area contributed by atoms with Crippen molar-refractivity contribution in [2.24, 2.45) is 0 Å². The largest absolute Gasteiger partial charge is 0.444 e. The number of nitrogens with one attached hydrogen (secondary N) is 2. The number of rotatable bonds is 3. The van der Waals surface area contributed by atoms with E-state index in [2.05, 4.69) is 10.6 Å². The summed E-state index contributed by atoms with van der Waals surface area (Å²) in [6.07, 6.45) is 0.0722. The highest BCUT2D eigenvalue weighted by Crippen LogP contribution is 2.20. The van der Waals surface area contributed by atoms with Crippen molar-refractivity contribution >= 4 is 23.9 Å². The van der Waals surface area contributed by atoms with E-state index in [1.54, 1.807) is 39.0 Å². The molecule has 0 fully saturated rings. The molecule has 0 unspecified atom stereocenters. The van der Waals surface area contributed by atoms with Crippen molar-refractivity contribution in [3.8, 4) is 0 Å². The molecule has 5 heteroatoms. The third kappa shape index (κ3) is 4.45. The van der Waals surface area contributed by atoms with Crippen molar-refractivity contribution in [1.29, 1.82) is 0 Å². The van der Waals surface area contributed by atoms with E-state index in [0.717, 1.165) is 5.56 Å². The van der Waals surface area contributed by atoms with Gasteiger partial charge in [0.25, 0.3) is 0 Å². The average Bonchev–Trinajstić information content (AvgIpc) is 2.20. The topological polar surface area (TPSA) is 67.4 Å². The van der Waals surface area contributed by atoms with Crippen LogP contribution in [0.5, 0.6) is 0 Å². The van der Waals surface area contributed by atoms with Gasteiger partial charge in [-0.2, -0.15) is 0 Å². The third-order valence-corrected chi connectivity index (χ3v) is 2.10. The van der Waals surface area contributed by atoms with Crippen LogP contribution >= 0.6 is 0 Å². The first kappa shape index (κ1) is 14.0. The Bertz CT molecular complexity index is 450. The molecule has 0 spiro atoms. The van der Waals surface area contributed by atoms with Gasteiger partial charge >= 0.3 is 6.09 Å². The van der Waals surface area contributed by atoms with Crippen LogP contribution in [-0.2, 0) is 9.53 Å². The molecule has 0 saturated heterocycles. The number of carbonyl (C=O) groups is 2. The van der Waals surface area contributed by atoms with E-state index in [1.165, 1.54) is 0 Å². The number of carbonyl (C=O) groups excluding carboxylic acids is 2. The van der Waals surface area contributed by atoms with Crippen molar-refractivity contribution in [3.05, 3.63) is 23.8 Å². The van der Waals surface area contributed by atoms with E-state index < -0.39 is 11.7 Å². The van der Waals surface area contributed by atoms with Gasteiger partial charge in [0.2, 0.25) is 6.41 Å². The Balaban J connectivity index is 2.76. The molecule has 2 amide bonds. The Hall–Kier alpha value is -2.04. The van der Waals surface area contributed by atoms with Crippen LogP contribution in [0.15, 0.2) is 18.2 Å². The maximum atomic E-state index is 11.6. The Morgan fingerprint density at radius 1 is 1.33 bits per heavy atom. The summed E-state index contributed by atoms with van der Waals surface area (Å²) in [5.41, 5.74) is 1.59. The van der Waals surface area contributed by atoms with Crippen LogP contribution in [0.1, 0.15) is 26.3 Å². The maximum absolute atomic E-state index is 11.6. The van der Waals surface area contributed by atoms with Gasteiger partial charge in [-0.25, -0.2) is 4.79 Å². The summed E-state index contributed by atoms with van der Waals surface area (Å²) in [6, 6.07) is 5.22. The second kappa shape index (κ2) is 5.53. The highest BCUT2D eigenvalue weighted by Gasteiger charge is 2.16. The van der Waals surface area contributed by atoms with Crippen LogP contribution < -0.4 is 10.6 Å². The molecule has 0 aromatic heterocycles. The first-order chi connectivity index (χ1) is 8.31. The fourth-order valence-corrected chi connectivity index (χ4v) is 1.34. The third-order valence-electron chi connectivity index (χ3n) is 2.10. The second-order valence-electron chi connectivity index (χ2n) is 4.92. The molecular formula is C13H18N2O3. The minimum absolute atomic E-state index is 0.525. The van der Waals surface area contributed by atoms with Gasteiger partial charge in [0, 0.05) is 11.4 Å². The van der Waals surface area contributed by atoms with Crippen molar-refractivity contribution in [3.63, 3.8) is 0 Å². The Labute approximate surface area is 107 Å². The summed E-state index contributed by atoms with van der Waals surface area (Å²) in [5, 5.41) is 5.17. The van der Waals surface area contributed by atoms with Crippen molar-refractivity contribution in [2.75, 3.05) is 10.6 Å². The van der Waals surface area contributed by atoms with Gasteiger partial charge < -0.3 is 10.1 Å². The van der Waals surface area contributed by atoms with E-state index >= 15 is 0 Å². The molecule has 5 nitrogen and oxygen atoms in total. The number of hydrogen-bond donors (Lipinski definition) is 2. The lowest BCUT2D eigenvalue weighted by atomic mass is 10.2. The molecule has 0 bridgehead atoms. The molecule has 0 heterocycles. The molecule has 0 aliphatic carbocycles. The Morgan fingerprint density at radius 2 is 2.00 bits per heavy atom. The van der Waals surface area contributed by atoms with Gasteiger partial charge in [0.1, 0.15) is 5.60 Å². The van der Waals surface area contributed by atoms with E-state index in [-0.39, 0.29) is 0 Å². The van der Waals surface area contributed by atoms with E-state index in [4.69, 9.17) is 4.74 Å². The van der Waals surface area contributed by atoms with E-state index in [1.807, 2.05) is 6.92 Å². The summed E-state index contributed by atoms with van der Waals surface area (Å²) in [7, 11) is 0. The number of aryl methyl sites for hydroxylation is 1. The molecule has 1 aromatic rings. The maximum Gasteiger partial charge on any atom is 0.412 e. The Morgan fingerprint density at radius 3 is 2.56 bits per heavy atom. The van der Waals surface area contributed by atoms with Gasteiger partial charge in [0.05, 0.1) is 0 Å². The second-order valence-corrected chi connectivity index (χ2v) is 4.92. The molecule has 0 saturated carbocycles. The highest BCUT2D eigenvalue weighted by molar-refractivity contribution is 5.87. The lowest BCUT2D eigenvalue weighted by molar-refractivity contribution is -0.105. The predicted octanol–water partition coefficient (Wildman–Crippen LogP) is 2.91. The lowest BCUT2D eigenvalue weighted by Crippen LogP contribution is -2.27. The zero-order valence-corrected chi connectivity index (χ0v) is 11.0. The molecule has 1 aromatic carbocycles. The fourth-order valence-electron chi connectivity index (χ4n) is 1.34. The first-order valence-electron chi connectivity index (χ1n) is 5.62. The van der Waals surface area contributed by atoms with Crippen LogP contribution in [0.3, 0.4) is 0 Å². The summed E-state index contributed by atoms with van der Waals surface area (Å²) >= 11 is 0. The standard InChI is InChI=1S/C13H18N2O3/c1-9-5-6-10(7-11(9)14-8-16)15-12(17)18-13(2,3)4/h5-8H,1-4H3,(H,14,16)(H,15,17). The number of hydrogen-bond acceptors (Lipinski definition) is 3. The molecule has 0 radical (unpaired) electrons. The van der Waals surface area contributed by atoms with Crippen LogP contribution in [-0.4, -0.2) is 18.1 Å². The van der Waals surface area contributed by atoms with Crippen molar-refractivity contribution < 1.29 is 14.3 Å². The van der Waals surface area contributed by atoms with Crippen molar-refractivity contribution in [2.45, 2.75) is 33.3 Å². The molecule has 18 heavy (non-hydrogen) atoms. The quantitative estimate of drug-likeness (QED) is 0.810. The van der Waals surface area contributed by atoms with Crippen LogP contribution in [0.4, 0.5) is 16.2 Å². The number of amides is 2. The number of benzene rings is 1. The predicted molar refractivity (Wildman–Crippen MR) is 70.7 cm³/mol. The molecule has 1 rings (SSSR count). The van der Waals surface area contributed by atoms with Gasteiger partial charge in [-0.05, 0) is 45.4 Å². The molecule has 0 aliphatic heterocycles. The van der Waals surface area contributed by atoms with Gasteiger partial charge in [-0.3, -0.25) is 10.1 Å². The van der Waals surface area contributed by atoms with Crippen LogP contribution in [0, 0.1) is 6.92 Å². The zero-order valence-electron chi connectivity index (χ0n) is 11.0. The highest BCUT2D eigenvalue weighted by atomic mass is 16.6. The lowest BCUT2D eigenvalue weighted by Gasteiger charge is -2.20. The number of anilines is 2. The summed E-state index contributed by atoms with van der Waals surface area (Å²) in [4.78, 5) is 22.0. The molecular weight excluding hydrogens is 232 g/mol. The minimum atomic E-state index is -0.543. The van der Waals surface area contributed by atoms with E-state index in [9.17, 15) is 9.59 Å². The summed E-state index contributed by atoms with van der Waals surface area (Å²) in [5.74, 6) is 0. The minimum Gasteiger partial charge on any atom is -0.444 e. The normalized spacial score (nSPS) is 10.7. The first-order valence-corrected chi connectivity index (χ1v) is 5.62.